The summed E-state index contributed by atoms with van der Waals surface area (Å²) < 4.78 is 5.07. The minimum Gasteiger partial charge on any atom is -0.311 e. The van der Waals surface area contributed by atoms with E-state index in [1.165, 1.54) is 47.6 Å². The van der Waals surface area contributed by atoms with E-state index in [1.807, 2.05) is 11.3 Å². The molecule has 0 aliphatic heterocycles. The van der Waals surface area contributed by atoms with Crippen molar-refractivity contribution < 1.29 is 0 Å². The summed E-state index contributed by atoms with van der Waals surface area (Å²) >= 11 is 1.87. The standard InChI is InChI=1S/C54H37N3S/c1-5-15-38(16-6-1)39-25-27-43(28-26-39)55(40-17-7-2-8-18-40)44-29-31-45(32-30-44)57-51-35-46(56(41-19-9-3-10-20-41)42-21-11-4-12-22-42)33-34-47(51)49-37-54-50(36-52(49)57)48-23-13-14-24-53(48)58-54/h1-37H. The molecule has 3 nitrogen and oxygen atoms in total. The first kappa shape index (κ1) is 33.9. The number of nitrogens with zero attached hydrogens (tertiary/aromatic N) is 3. The van der Waals surface area contributed by atoms with E-state index in [0.29, 0.717) is 0 Å². The second-order valence-corrected chi connectivity index (χ2v) is 15.7. The molecule has 2 aromatic heterocycles. The van der Waals surface area contributed by atoms with Crippen LogP contribution in [0.3, 0.4) is 0 Å². The zero-order chi connectivity index (χ0) is 38.4. The molecule has 0 N–H and O–H groups in total. The molecule has 0 bridgehead atoms. The van der Waals surface area contributed by atoms with E-state index in [4.69, 9.17) is 0 Å². The van der Waals surface area contributed by atoms with Gasteiger partial charge in [0, 0.05) is 70.8 Å². The van der Waals surface area contributed by atoms with E-state index < -0.39 is 0 Å². The average Bonchev–Trinajstić information content (AvgIpc) is 3.82. The van der Waals surface area contributed by atoms with Gasteiger partial charge < -0.3 is 14.4 Å². The van der Waals surface area contributed by atoms with Crippen molar-refractivity contribution in [3.63, 3.8) is 0 Å². The Hall–Kier alpha value is -7.40. The maximum atomic E-state index is 2.46. The molecule has 0 saturated carbocycles. The van der Waals surface area contributed by atoms with Crippen LogP contribution in [0.25, 0.3) is 58.8 Å². The molecule has 0 amide bonds. The Morgan fingerprint density at radius 3 is 1.38 bits per heavy atom. The third-order valence-corrected chi connectivity index (χ3v) is 12.3. The van der Waals surface area contributed by atoms with Gasteiger partial charge in [0.15, 0.2) is 0 Å². The summed E-state index contributed by atoms with van der Waals surface area (Å²) in [5, 5.41) is 5.07. The number of thiophene rings is 1. The van der Waals surface area contributed by atoms with Gasteiger partial charge >= 0.3 is 0 Å². The van der Waals surface area contributed by atoms with Crippen LogP contribution in [-0.4, -0.2) is 4.57 Å². The fraction of sp³-hybridized carbons (Fsp3) is 0. The lowest BCUT2D eigenvalue weighted by molar-refractivity contribution is 1.17. The number of aromatic nitrogens is 1. The van der Waals surface area contributed by atoms with Crippen molar-refractivity contribution in [3.8, 4) is 16.8 Å². The van der Waals surface area contributed by atoms with Crippen molar-refractivity contribution in [2.45, 2.75) is 0 Å². The van der Waals surface area contributed by atoms with Gasteiger partial charge in [-0.1, -0.05) is 121 Å². The molecular formula is C54H37N3S. The number of anilines is 6. The normalized spacial score (nSPS) is 11.4. The number of hydrogen-bond donors (Lipinski definition) is 0. The van der Waals surface area contributed by atoms with E-state index in [0.717, 1.165) is 45.3 Å². The lowest BCUT2D eigenvalue weighted by Crippen LogP contribution is -2.10. The van der Waals surface area contributed by atoms with Crippen molar-refractivity contribution in [3.05, 3.63) is 224 Å². The topological polar surface area (TPSA) is 11.4 Å². The minimum atomic E-state index is 1.09. The molecule has 0 saturated heterocycles. The smallest absolute Gasteiger partial charge is 0.0561 e. The molecule has 0 spiro atoms. The van der Waals surface area contributed by atoms with E-state index in [1.54, 1.807) is 0 Å². The van der Waals surface area contributed by atoms with Gasteiger partial charge in [-0.3, -0.25) is 0 Å². The molecule has 0 aliphatic carbocycles. The molecule has 4 heteroatoms. The molecule has 0 fully saturated rings. The number of hydrogen-bond acceptors (Lipinski definition) is 3. The zero-order valence-electron chi connectivity index (χ0n) is 31.6. The van der Waals surface area contributed by atoms with E-state index in [2.05, 4.69) is 239 Å². The fourth-order valence-electron chi connectivity index (χ4n) is 8.45. The summed E-state index contributed by atoms with van der Waals surface area (Å²) in [6, 6.07) is 81.0. The highest BCUT2D eigenvalue weighted by Gasteiger charge is 2.20. The molecule has 11 aromatic rings. The first-order valence-electron chi connectivity index (χ1n) is 19.7. The molecule has 0 unspecified atom stereocenters. The summed E-state index contributed by atoms with van der Waals surface area (Å²) in [7, 11) is 0. The van der Waals surface area contributed by atoms with E-state index in [9.17, 15) is 0 Å². The second-order valence-electron chi connectivity index (χ2n) is 14.6. The molecule has 58 heavy (non-hydrogen) atoms. The maximum Gasteiger partial charge on any atom is 0.0561 e. The third-order valence-electron chi connectivity index (χ3n) is 11.1. The summed E-state index contributed by atoms with van der Waals surface area (Å²) in [6.45, 7) is 0. The second kappa shape index (κ2) is 14.3. The van der Waals surface area contributed by atoms with E-state index >= 15 is 0 Å². The van der Waals surface area contributed by atoms with Crippen LogP contribution in [0.4, 0.5) is 34.1 Å². The molecule has 0 atom stereocenters. The molecule has 2 heterocycles. The Balaban J connectivity index is 1.09. The average molecular weight is 760 g/mol. The number of para-hydroxylation sites is 3. The Bertz CT molecular complexity index is 3150. The van der Waals surface area contributed by atoms with Crippen molar-refractivity contribution >= 4 is 87.4 Å². The van der Waals surface area contributed by atoms with Gasteiger partial charge in [-0.05, 0) is 114 Å². The number of rotatable bonds is 8. The van der Waals surface area contributed by atoms with Gasteiger partial charge in [0.2, 0.25) is 0 Å². The maximum absolute atomic E-state index is 2.46. The quantitative estimate of drug-likeness (QED) is 0.153. The summed E-state index contributed by atoms with van der Waals surface area (Å²) in [6.07, 6.45) is 0. The van der Waals surface area contributed by atoms with Gasteiger partial charge in [0.1, 0.15) is 0 Å². The van der Waals surface area contributed by atoms with Gasteiger partial charge in [-0.15, -0.1) is 11.3 Å². The van der Waals surface area contributed by atoms with Crippen LogP contribution < -0.4 is 9.80 Å². The first-order chi connectivity index (χ1) is 28.8. The van der Waals surface area contributed by atoms with Crippen LogP contribution in [-0.2, 0) is 0 Å². The molecule has 274 valence electrons. The number of benzene rings is 9. The predicted molar refractivity (Wildman–Crippen MR) is 248 cm³/mol. The summed E-state index contributed by atoms with van der Waals surface area (Å²) in [5.41, 5.74) is 12.5. The fourth-order valence-corrected chi connectivity index (χ4v) is 9.58. The van der Waals surface area contributed by atoms with Crippen LogP contribution in [0.5, 0.6) is 0 Å². The van der Waals surface area contributed by atoms with Gasteiger partial charge in [0.05, 0.1) is 11.0 Å². The van der Waals surface area contributed by atoms with Crippen molar-refractivity contribution in [2.75, 3.05) is 9.80 Å². The van der Waals surface area contributed by atoms with Crippen molar-refractivity contribution in [1.82, 2.24) is 4.57 Å². The lowest BCUT2D eigenvalue weighted by atomic mass is 10.0. The third kappa shape index (κ3) is 5.90. The summed E-state index contributed by atoms with van der Waals surface area (Å²) in [4.78, 5) is 4.68. The Kier molecular flexibility index (Phi) is 8.34. The SMILES string of the molecule is c1ccc(-c2ccc(N(c3ccccc3)c3ccc(-n4c5cc(N(c6ccccc6)c6ccccc6)ccc5c5cc6sc7ccccc7c6cc54)cc3)cc2)cc1. The Morgan fingerprint density at radius 2 is 0.759 bits per heavy atom. The molecule has 9 aromatic carbocycles. The Labute approximate surface area is 341 Å². The van der Waals surface area contributed by atoms with E-state index in [-0.39, 0.29) is 0 Å². The molecule has 0 radical (unpaired) electrons. The minimum absolute atomic E-state index is 1.09. The highest BCUT2D eigenvalue weighted by Crippen LogP contribution is 2.44. The van der Waals surface area contributed by atoms with Crippen LogP contribution in [0, 0.1) is 0 Å². The van der Waals surface area contributed by atoms with Gasteiger partial charge in [-0.2, -0.15) is 0 Å². The molecule has 11 rings (SSSR count). The zero-order valence-corrected chi connectivity index (χ0v) is 32.4. The highest BCUT2D eigenvalue weighted by molar-refractivity contribution is 7.25. The predicted octanol–water partition coefficient (Wildman–Crippen LogP) is 15.8. The van der Waals surface area contributed by atoms with Gasteiger partial charge in [0.25, 0.3) is 0 Å². The molecule has 0 aliphatic rings. The van der Waals surface area contributed by atoms with Crippen LogP contribution in [0.1, 0.15) is 0 Å². The summed E-state index contributed by atoms with van der Waals surface area (Å²) in [5.74, 6) is 0. The van der Waals surface area contributed by atoms with Crippen molar-refractivity contribution in [2.24, 2.45) is 0 Å². The largest absolute Gasteiger partial charge is 0.311 e. The first-order valence-corrected chi connectivity index (χ1v) is 20.5. The van der Waals surface area contributed by atoms with Gasteiger partial charge in [-0.25, -0.2) is 0 Å². The highest BCUT2D eigenvalue weighted by atomic mass is 32.1. The lowest BCUT2D eigenvalue weighted by Gasteiger charge is -2.26. The van der Waals surface area contributed by atoms with Crippen LogP contribution >= 0.6 is 11.3 Å². The van der Waals surface area contributed by atoms with Crippen LogP contribution in [0.2, 0.25) is 0 Å². The van der Waals surface area contributed by atoms with Crippen LogP contribution in [0.15, 0.2) is 224 Å². The Morgan fingerprint density at radius 1 is 0.293 bits per heavy atom. The molecular weight excluding hydrogens is 723 g/mol. The monoisotopic (exact) mass is 759 g/mol. The van der Waals surface area contributed by atoms with Crippen molar-refractivity contribution in [1.29, 1.82) is 0 Å². The number of fused-ring (bicyclic) bond motifs is 6.